The van der Waals surface area contributed by atoms with Crippen molar-refractivity contribution in [3.05, 3.63) is 23.8 Å². The molecule has 0 aromatic rings. The zero-order valence-electron chi connectivity index (χ0n) is 14.2. The van der Waals surface area contributed by atoms with Gasteiger partial charge in [-0.3, -0.25) is 9.59 Å². The van der Waals surface area contributed by atoms with Gasteiger partial charge in [-0.15, -0.1) is 0 Å². The highest BCUT2D eigenvalue weighted by atomic mass is 16.3. The molecule has 0 saturated heterocycles. The van der Waals surface area contributed by atoms with E-state index in [-0.39, 0.29) is 22.5 Å². The molecule has 7 atom stereocenters. The molecule has 1 N–H and O–H groups in total. The zero-order valence-corrected chi connectivity index (χ0v) is 14.2. The summed E-state index contributed by atoms with van der Waals surface area (Å²) in [4.78, 5) is 24.3. The lowest BCUT2D eigenvalue weighted by molar-refractivity contribution is -0.144. The minimum absolute atomic E-state index is 0.0638. The van der Waals surface area contributed by atoms with Crippen LogP contribution in [0.3, 0.4) is 0 Å². The van der Waals surface area contributed by atoms with Gasteiger partial charge in [0.15, 0.2) is 5.78 Å². The first kappa shape index (κ1) is 15.3. The van der Waals surface area contributed by atoms with E-state index in [1.54, 1.807) is 12.2 Å². The van der Waals surface area contributed by atoms with Crippen LogP contribution >= 0.6 is 0 Å². The number of hydrogen-bond acceptors (Lipinski definition) is 3. The van der Waals surface area contributed by atoms with Crippen molar-refractivity contribution in [3.63, 3.8) is 0 Å². The lowest BCUT2D eigenvalue weighted by atomic mass is 9.46. The molecule has 0 bridgehead atoms. The second-order valence-corrected chi connectivity index (χ2v) is 8.70. The van der Waals surface area contributed by atoms with Crippen LogP contribution in [0.25, 0.3) is 0 Å². The first-order valence-electron chi connectivity index (χ1n) is 8.94. The summed E-state index contributed by atoms with van der Waals surface area (Å²) in [5, 5.41) is 11.0. The van der Waals surface area contributed by atoms with Crippen molar-refractivity contribution < 1.29 is 14.7 Å². The molecule has 3 heteroatoms. The van der Waals surface area contributed by atoms with E-state index in [0.717, 1.165) is 12.8 Å². The van der Waals surface area contributed by atoms with Crippen LogP contribution in [-0.4, -0.2) is 22.8 Å². The molecule has 4 rings (SSSR count). The Labute approximate surface area is 137 Å². The van der Waals surface area contributed by atoms with E-state index in [4.69, 9.17) is 0 Å². The Hall–Kier alpha value is -1.22. The Morgan fingerprint density at radius 1 is 1.26 bits per heavy atom. The van der Waals surface area contributed by atoms with Gasteiger partial charge >= 0.3 is 0 Å². The second-order valence-electron chi connectivity index (χ2n) is 8.70. The van der Waals surface area contributed by atoms with Crippen LogP contribution in [0.4, 0.5) is 0 Å². The predicted molar refractivity (Wildman–Crippen MR) is 87.6 cm³/mol. The minimum Gasteiger partial charge on any atom is -0.393 e. The maximum Gasteiger partial charge on any atom is 0.178 e. The highest BCUT2D eigenvalue weighted by molar-refractivity contribution is 6.01. The molecule has 0 aromatic carbocycles. The van der Waals surface area contributed by atoms with Gasteiger partial charge in [-0.05, 0) is 49.2 Å². The van der Waals surface area contributed by atoms with Gasteiger partial charge in [0.05, 0.1) is 6.10 Å². The first-order valence-corrected chi connectivity index (χ1v) is 8.94. The van der Waals surface area contributed by atoms with Crippen LogP contribution in [0.15, 0.2) is 23.8 Å². The third-order valence-electron chi connectivity index (χ3n) is 7.53. The predicted octanol–water partition coefficient (Wildman–Crippen LogP) is 3.08. The Bertz CT molecular complexity index is 645. The molecule has 3 nitrogen and oxygen atoms in total. The van der Waals surface area contributed by atoms with Crippen molar-refractivity contribution in [3.8, 4) is 0 Å². The summed E-state index contributed by atoms with van der Waals surface area (Å²) in [5.41, 5.74) is 0.590. The third kappa shape index (κ3) is 1.86. The molecule has 0 aliphatic heterocycles. The standard InChI is InChI=1S/C20H26O3/c1-11-8-13-14-4-5-17(23)20(14,3)10-16(22)18(13)19(2)7-6-12(21)9-15(11)19/h6-7,9,11,13-14,16,18,22H,4-5,8,10H2,1-3H3. The fraction of sp³-hybridized carbons (Fsp3) is 0.700. The molecule has 3 fully saturated rings. The minimum atomic E-state index is -0.470. The van der Waals surface area contributed by atoms with E-state index in [2.05, 4.69) is 20.8 Å². The molecule has 23 heavy (non-hydrogen) atoms. The highest BCUT2D eigenvalue weighted by Crippen LogP contribution is 2.64. The average Bonchev–Trinajstić information content (AvgIpc) is 2.76. The zero-order chi connectivity index (χ0) is 16.6. The summed E-state index contributed by atoms with van der Waals surface area (Å²) >= 11 is 0. The topological polar surface area (TPSA) is 54.4 Å². The van der Waals surface area contributed by atoms with Crippen LogP contribution in [0.2, 0.25) is 0 Å². The van der Waals surface area contributed by atoms with Crippen molar-refractivity contribution in [1.82, 2.24) is 0 Å². The number of Topliss-reactive ketones (excluding diaryl/α,β-unsaturated/α-hetero) is 1. The van der Waals surface area contributed by atoms with Gasteiger partial charge in [-0.2, -0.15) is 0 Å². The quantitative estimate of drug-likeness (QED) is 0.747. The lowest BCUT2D eigenvalue weighted by Crippen LogP contribution is -2.57. The van der Waals surface area contributed by atoms with Crippen molar-refractivity contribution >= 4 is 11.6 Å². The maximum absolute atomic E-state index is 12.5. The molecular weight excluding hydrogens is 288 g/mol. The lowest BCUT2D eigenvalue weighted by Gasteiger charge is -2.58. The Balaban J connectivity index is 1.81. The molecule has 124 valence electrons. The molecule has 0 aromatic heterocycles. The molecule has 3 saturated carbocycles. The normalized spacial score (nSPS) is 51.8. The number of fused-ring (bicyclic) bond motifs is 5. The summed E-state index contributed by atoms with van der Waals surface area (Å²) in [6.45, 7) is 6.45. The first-order chi connectivity index (χ1) is 10.8. The second kappa shape index (κ2) is 4.66. The van der Waals surface area contributed by atoms with Gasteiger partial charge in [0, 0.05) is 23.2 Å². The highest BCUT2D eigenvalue weighted by Gasteiger charge is 2.62. The number of carbonyl (C=O) groups excluding carboxylic acids is 2. The van der Waals surface area contributed by atoms with Crippen molar-refractivity contribution in [2.45, 2.75) is 52.6 Å². The van der Waals surface area contributed by atoms with Crippen LogP contribution in [0.1, 0.15) is 46.5 Å². The Kier molecular flexibility index (Phi) is 3.10. The molecule has 0 amide bonds. The van der Waals surface area contributed by atoms with Crippen molar-refractivity contribution in [1.29, 1.82) is 0 Å². The number of allylic oxidation sites excluding steroid dienone is 4. The SMILES string of the molecule is CC1CC2C(C(O)CC3(C)C(=O)CCC23)C2(C)C=CC(=O)C=C12. The summed E-state index contributed by atoms with van der Waals surface area (Å²) < 4.78 is 0. The van der Waals surface area contributed by atoms with E-state index < -0.39 is 6.10 Å². The van der Waals surface area contributed by atoms with Crippen LogP contribution in [0, 0.1) is 34.5 Å². The number of ketones is 2. The molecule has 0 spiro atoms. The largest absolute Gasteiger partial charge is 0.393 e. The van der Waals surface area contributed by atoms with Crippen LogP contribution in [-0.2, 0) is 9.59 Å². The molecule has 0 radical (unpaired) electrons. The van der Waals surface area contributed by atoms with Crippen molar-refractivity contribution in [2.75, 3.05) is 0 Å². The Morgan fingerprint density at radius 2 is 2.00 bits per heavy atom. The van der Waals surface area contributed by atoms with E-state index >= 15 is 0 Å². The summed E-state index contributed by atoms with van der Waals surface area (Å²) in [6.07, 6.45) is 8.21. The third-order valence-corrected chi connectivity index (χ3v) is 7.53. The van der Waals surface area contributed by atoms with E-state index in [0.29, 0.717) is 36.4 Å². The van der Waals surface area contributed by atoms with Gasteiger partial charge < -0.3 is 5.11 Å². The molecule has 4 aliphatic rings. The van der Waals surface area contributed by atoms with Gasteiger partial charge in [0.2, 0.25) is 0 Å². The van der Waals surface area contributed by atoms with Gasteiger partial charge in [0.25, 0.3) is 0 Å². The average molecular weight is 314 g/mol. The van der Waals surface area contributed by atoms with Crippen LogP contribution < -0.4 is 0 Å². The summed E-state index contributed by atoms with van der Waals surface area (Å²) in [6, 6.07) is 0. The van der Waals surface area contributed by atoms with Gasteiger partial charge in [0.1, 0.15) is 5.78 Å². The number of carbonyl (C=O) groups is 2. The number of aliphatic hydroxyl groups is 1. The van der Waals surface area contributed by atoms with E-state index in [1.165, 1.54) is 5.57 Å². The van der Waals surface area contributed by atoms with Crippen LogP contribution in [0.5, 0.6) is 0 Å². The van der Waals surface area contributed by atoms with Crippen molar-refractivity contribution in [2.24, 2.45) is 34.5 Å². The van der Waals surface area contributed by atoms with Gasteiger partial charge in [-0.1, -0.05) is 32.4 Å². The van der Waals surface area contributed by atoms with E-state index in [1.807, 2.05) is 6.08 Å². The monoisotopic (exact) mass is 314 g/mol. The number of aliphatic hydroxyl groups excluding tert-OH is 1. The fourth-order valence-electron chi connectivity index (χ4n) is 6.52. The number of rotatable bonds is 0. The fourth-order valence-corrected chi connectivity index (χ4v) is 6.52. The molecule has 0 heterocycles. The van der Waals surface area contributed by atoms with Gasteiger partial charge in [-0.25, -0.2) is 0 Å². The number of hydrogen-bond donors (Lipinski definition) is 1. The van der Waals surface area contributed by atoms with E-state index in [9.17, 15) is 14.7 Å². The molecule has 7 unspecified atom stereocenters. The summed E-state index contributed by atoms with van der Waals surface area (Å²) in [7, 11) is 0. The Morgan fingerprint density at radius 3 is 2.74 bits per heavy atom. The maximum atomic E-state index is 12.5. The smallest absolute Gasteiger partial charge is 0.178 e. The molecular formula is C20H26O3. The molecule has 4 aliphatic carbocycles. The summed E-state index contributed by atoms with van der Waals surface area (Å²) in [5.74, 6) is 1.61.